The summed E-state index contributed by atoms with van der Waals surface area (Å²) in [4.78, 5) is 48.3. The maximum atomic E-state index is 14.4. The molecule has 1 N–H and O–H groups in total. The molecule has 0 saturated carbocycles. The van der Waals surface area contributed by atoms with Crippen LogP contribution < -0.4 is 9.64 Å². The molecule has 2 bridgehead atoms. The second kappa shape index (κ2) is 13.5. The van der Waals surface area contributed by atoms with Crippen molar-refractivity contribution in [2.24, 2.45) is 17.8 Å². The number of rotatable bonds is 15. The Morgan fingerprint density at radius 3 is 2.46 bits per heavy atom. The van der Waals surface area contributed by atoms with Crippen LogP contribution in [0.15, 0.2) is 49.6 Å². The minimum atomic E-state index is -0.696. The van der Waals surface area contributed by atoms with Gasteiger partial charge in [0.05, 0.1) is 23.2 Å². The van der Waals surface area contributed by atoms with Crippen molar-refractivity contribution in [1.82, 2.24) is 9.80 Å². The Balaban J connectivity index is 1.73. The van der Waals surface area contributed by atoms with Crippen molar-refractivity contribution < 1.29 is 24.2 Å². The molecule has 8 nitrogen and oxygen atoms in total. The number of unbranched alkanes of at least 4 members (excludes halogenated alkanes) is 1. The SMILES string of the molecule is C=CCN(CCCC)C(=O)C1N(CCCO)C(=O)[C@@H]2[C@H](C(=O)N(CC=C)c3ccc(OCC)cc3)[C@@H]3CC(C)C12S3. The van der Waals surface area contributed by atoms with Gasteiger partial charge in [0.2, 0.25) is 17.7 Å². The molecule has 3 fully saturated rings. The zero-order valence-electron chi connectivity index (χ0n) is 24.7. The molecule has 41 heavy (non-hydrogen) atoms. The number of hydrogen-bond acceptors (Lipinski definition) is 6. The van der Waals surface area contributed by atoms with Crippen LogP contribution in [0.5, 0.6) is 5.75 Å². The third-order valence-corrected chi connectivity index (χ3v) is 10.9. The fourth-order valence-corrected chi connectivity index (χ4v) is 9.46. The Hall–Kier alpha value is -2.78. The Morgan fingerprint density at radius 2 is 1.85 bits per heavy atom. The largest absolute Gasteiger partial charge is 0.494 e. The van der Waals surface area contributed by atoms with E-state index in [0.717, 1.165) is 30.7 Å². The zero-order valence-corrected chi connectivity index (χ0v) is 25.5. The second-order valence-corrected chi connectivity index (χ2v) is 12.8. The van der Waals surface area contributed by atoms with Crippen molar-refractivity contribution in [2.75, 3.05) is 44.3 Å². The average Bonchev–Trinajstić information content (AvgIpc) is 3.56. The summed E-state index contributed by atoms with van der Waals surface area (Å²) in [5, 5.41) is 9.60. The van der Waals surface area contributed by atoms with Gasteiger partial charge in [-0.05, 0) is 56.4 Å². The quantitative estimate of drug-likeness (QED) is 0.312. The highest BCUT2D eigenvalue weighted by Crippen LogP contribution is 2.69. The Labute approximate surface area is 248 Å². The molecule has 9 heteroatoms. The number of amides is 3. The second-order valence-electron chi connectivity index (χ2n) is 11.3. The monoisotopic (exact) mass is 583 g/mol. The summed E-state index contributed by atoms with van der Waals surface area (Å²) >= 11 is 1.68. The van der Waals surface area contributed by atoms with Gasteiger partial charge >= 0.3 is 0 Å². The molecule has 3 aliphatic rings. The van der Waals surface area contributed by atoms with Crippen LogP contribution in [0.1, 0.15) is 46.5 Å². The lowest BCUT2D eigenvalue weighted by atomic mass is 9.65. The molecule has 3 heterocycles. The topological polar surface area (TPSA) is 90.4 Å². The van der Waals surface area contributed by atoms with E-state index in [1.807, 2.05) is 36.1 Å². The van der Waals surface area contributed by atoms with Gasteiger partial charge in [0.25, 0.3) is 0 Å². The molecule has 0 aromatic heterocycles. The predicted octanol–water partition coefficient (Wildman–Crippen LogP) is 4.14. The Morgan fingerprint density at radius 1 is 1.15 bits per heavy atom. The standard InChI is InChI=1S/C32H45N3O5S/c1-6-10-18-33(16-7-2)31(39)28-32-22(5)21-25(41-32)26(27(32)30(38)35(28)19-11-20-36)29(37)34(17-8-3)23-12-14-24(15-13-23)40-9-4/h7-8,12-15,22,25-28,36H,2-3,6,9-11,16-21H2,1,4-5H3/t22?,25-,26+,27-,28?,32?/m0/s1. The predicted molar refractivity (Wildman–Crippen MR) is 164 cm³/mol. The normalized spacial score (nSPS) is 28.0. The van der Waals surface area contributed by atoms with E-state index in [0.29, 0.717) is 32.7 Å². The smallest absolute Gasteiger partial charge is 0.247 e. The van der Waals surface area contributed by atoms with Crippen molar-refractivity contribution in [1.29, 1.82) is 0 Å². The van der Waals surface area contributed by atoms with Crippen molar-refractivity contribution in [3.8, 4) is 5.75 Å². The van der Waals surface area contributed by atoms with Crippen LogP contribution in [-0.2, 0) is 14.4 Å². The molecule has 3 saturated heterocycles. The molecular weight excluding hydrogens is 538 g/mol. The van der Waals surface area contributed by atoms with Crippen LogP contribution in [0.2, 0.25) is 0 Å². The van der Waals surface area contributed by atoms with Gasteiger partial charge in [-0.15, -0.1) is 24.9 Å². The zero-order chi connectivity index (χ0) is 29.7. The number of aliphatic hydroxyl groups excluding tert-OH is 1. The lowest BCUT2D eigenvalue weighted by Crippen LogP contribution is -2.57. The maximum absolute atomic E-state index is 14.4. The van der Waals surface area contributed by atoms with Gasteiger partial charge in [0.15, 0.2) is 0 Å². The molecule has 3 amide bonds. The van der Waals surface area contributed by atoms with Crippen LogP contribution in [0, 0.1) is 17.8 Å². The number of thioether (sulfide) groups is 1. The van der Waals surface area contributed by atoms with Crippen LogP contribution in [0.4, 0.5) is 5.69 Å². The third kappa shape index (κ3) is 5.55. The molecule has 1 aromatic carbocycles. The maximum Gasteiger partial charge on any atom is 0.247 e. The van der Waals surface area contributed by atoms with E-state index in [4.69, 9.17) is 4.74 Å². The van der Waals surface area contributed by atoms with Crippen LogP contribution in [0.25, 0.3) is 0 Å². The third-order valence-electron chi connectivity index (χ3n) is 8.80. The first-order chi connectivity index (χ1) is 19.8. The van der Waals surface area contributed by atoms with E-state index in [-0.39, 0.29) is 42.0 Å². The highest BCUT2D eigenvalue weighted by Gasteiger charge is 2.76. The molecule has 224 valence electrons. The Kier molecular flexibility index (Phi) is 10.2. The van der Waals surface area contributed by atoms with E-state index in [2.05, 4.69) is 27.0 Å². The van der Waals surface area contributed by atoms with Crippen molar-refractivity contribution in [3.63, 3.8) is 0 Å². The molecule has 1 spiro atoms. The number of likely N-dealkylation sites (tertiary alicyclic amines) is 1. The molecule has 4 rings (SSSR count). The van der Waals surface area contributed by atoms with Crippen LogP contribution in [-0.4, -0.2) is 88.1 Å². The van der Waals surface area contributed by atoms with Crippen molar-refractivity contribution in [2.45, 2.75) is 62.5 Å². The van der Waals surface area contributed by atoms with Crippen LogP contribution >= 0.6 is 11.8 Å². The van der Waals surface area contributed by atoms with E-state index in [1.165, 1.54) is 0 Å². The minimum Gasteiger partial charge on any atom is -0.494 e. The summed E-state index contributed by atoms with van der Waals surface area (Å²) in [7, 11) is 0. The molecule has 3 unspecified atom stereocenters. The number of ether oxygens (including phenoxy) is 1. The van der Waals surface area contributed by atoms with Crippen molar-refractivity contribution >= 4 is 35.2 Å². The number of hydrogen-bond donors (Lipinski definition) is 1. The van der Waals surface area contributed by atoms with Crippen LogP contribution in [0.3, 0.4) is 0 Å². The van der Waals surface area contributed by atoms with Crippen molar-refractivity contribution in [3.05, 3.63) is 49.6 Å². The van der Waals surface area contributed by atoms with Gasteiger partial charge in [0, 0.05) is 43.7 Å². The summed E-state index contributed by atoms with van der Waals surface area (Å²) in [6.45, 7) is 16.0. The molecule has 0 radical (unpaired) electrons. The fourth-order valence-electron chi connectivity index (χ4n) is 7.05. The van der Waals surface area contributed by atoms with Gasteiger partial charge in [-0.25, -0.2) is 0 Å². The Bertz CT molecular complexity index is 1130. The number of fused-ring (bicyclic) bond motifs is 1. The summed E-state index contributed by atoms with van der Waals surface area (Å²) in [5.74, 6) is -0.669. The van der Waals surface area contributed by atoms with Gasteiger partial charge < -0.3 is 24.5 Å². The van der Waals surface area contributed by atoms with E-state index < -0.39 is 22.6 Å². The van der Waals surface area contributed by atoms with E-state index >= 15 is 0 Å². The highest BCUT2D eigenvalue weighted by molar-refractivity contribution is 8.02. The molecule has 1 aromatic rings. The first kappa shape index (κ1) is 31.2. The molecular formula is C32H45N3O5S. The van der Waals surface area contributed by atoms with Gasteiger partial charge in [-0.1, -0.05) is 32.4 Å². The first-order valence-corrected chi connectivity index (χ1v) is 15.8. The highest BCUT2D eigenvalue weighted by atomic mass is 32.2. The lowest BCUT2D eigenvalue weighted by Gasteiger charge is -2.41. The average molecular weight is 584 g/mol. The molecule has 0 aliphatic carbocycles. The summed E-state index contributed by atoms with van der Waals surface area (Å²) in [6.07, 6.45) is 6.38. The number of aliphatic hydroxyl groups is 1. The number of carbonyl (C=O) groups excluding carboxylic acids is 3. The van der Waals surface area contributed by atoms with Gasteiger partial charge in [-0.3, -0.25) is 14.4 Å². The molecule has 3 aliphatic heterocycles. The summed E-state index contributed by atoms with van der Waals surface area (Å²) in [5.41, 5.74) is 0.722. The minimum absolute atomic E-state index is 0.0553. The van der Waals surface area contributed by atoms with Gasteiger partial charge in [-0.2, -0.15) is 0 Å². The number of carbonyl (C=O) groups is 3. The van der Waals surface area contributed by atoms with Gasteiger partial charge in [0.1, 0.15) is 11.8 Å². The van der Waals surface area contributed by atoms with E-state index in [1.54, 1.807) is 33.7 Å². The number of nitrogens with zero attached hydrogens (tertiary/aromatic N) is 3. The number of anilines is 1. The number of benzene rings is 1. The lowest BCUT2D eigenvalue weighted by molar-refractivity contribution is -0.142. The summed E-state index contributed by atoms with van der Waals surface area (Å²) < 4.78 is 4.89. The molecule has 6 atom stereocenters. The van der Waals surface area contributed by atoms with E-state index in [9.17, 15) is 19.5 Å². The fraction of sp³-hybridized carbons (Fsp3) is 0.594. The summed E-state index contributed by atoms with van der Waals surface area (Å²) in [6, 6.07) is 6.74. The first-order valence-electron chi connectivity index (χ1n) is 14.9.